The molecule has 0 amide bonds. The summed E-state index contributed by atoms with van der Waals surface area (Å²) in [6.45, 7) is 4.75. The number of aryl methyl sites for hydroxylation is 1. The highest BCUT2D eigenvalue weighted by molar-refractivity contribution is 5.81. The normalized spacial score (nSPS) is 19.9. The van der Waals surface area contributed by atoms with Crippen molar-refractivity contribution < 1.29 is 4.74 Å². The zero-order chi connectivity index (χ0) is 21.9. The standard InChI is InChI=1S/C24H32N6O2/c1-17-7-5-8-18-13-19(24(31)25-23(17)18)14-29(15-21-11-6-12-32-21)16-22-26-27-28-30(22)20-9-3-2-4-10-20/h5,7-8,13,20-21H,2-4,6,9-12,14-16H2,1H3,(H,25,31)/t21-/m1/s1. The lowest BCUT2D eigenvalue weighted by Crippen LogP contribution is -2.34. The van der Waals surface area contributed by atoms with E-state index in [4.69, 9.17) is 4.74 Å². The number of nitrogens with one attached hydrogen (secondary N) is 1. The van der Waals surface area contributed by atoms with Crippen molar-refractivity contribution >= 4 is 10.9 Å². The van der Waals surface area contributed by atoms with Crippen LogP contribution in [0.15, 0.2) is 29.1 Å². The van der Waals surface area contributed by atoms with Gasteiger partial charge in [0.15, 0.2) is 5.82 Å². The average molecular weight is 437 g/mol. The first-order valence-electron chi connectivity index (χ1n) is 11.9. The highest BCUT2D eigenvalue weighted by atomic mass is 16.5. The lowest BCUT2D eigenvalue weighted by Gasteiger charge is -2.27. The molecule has 0 unspecified atom stereocenters. The molecule has 0 radical (unpaired) electrons. The molecule has 3 aromatic rings. The van der Waals surface area contributed by atoms with Crippen LogP contribution in [0.1, 0.15) is 67.9 Å². The van der Waals surface area contributed by atoms with Crippen LogP contribution in [0.4, 0.5) is 0 Å². The number of hydrogen-bond acceptors (Lipinski definition) is 6. The minimum atomic E-state index is -0.0315. The van der Waals surface area contributed by atoms with E-state index in [9.17, 15) is 4.79 Å². The summed E-state index contributed by atoms with van der Waals surface area (Å²) in [5, 5.41) is 13.7. The Morgan fingerprint density at radius 1 is 1.16 bits per heavy atom. The molecule has 1 N–H and O–H groups in total. The number of fused-ring (bicyclic) bond motifs is 1. The van der Waals surface area contributed by atoms with Crippen molar-refractivity contribution in [3.8, 4) is 0 Å². The summed E-state index contributed by atoms with van der Waals surface area (Å²) in [5.41, 5.74) is 2.72. The number of ether oxygens (including phenoxy) is 1. The van der Waals surface area contributed by atoms with Crippen LogP contribution in [-0.2, 0) is 17.8 Å². The van der Waals surface area contributed by atoms with E-state index in [1.165, 1.54) is 19.3 Å². The van der Waals surface area contributed by atoms with Gasteiger partial charge >= 0.3 is 0 Å². The van der Waals surface area contributed by atoms with Crippen molar-refractivity contribution in [3.05, 3.63) is 51.6 Å². The zero-order valence-electron chi connectivity index (χ0n) is 18.8. The number of pyridine rings is 1. The minimum absolute atomic E-state index is 0.0315. The highest BCUT2D eigenvalue weighted by Gasteiger charge is 2.25. The third kappa shape index (κ3) is 4.61. The molecule has 1 aliphatic heterocycles. The molecule has 2 fully saturated rings. The third-order valence-electron chi connectivity index (χ3n) is 6.89. The van der Waals surface area contributed by atoms with E-state index in [2.05, 4.69) is 31.5 Å². The molecule has 5 rings (SSSR count). The fraction of sp³-hybridized carbons (Fsp3) is 0.583. The Kier molecular flexibility index (Phi) is 6.32. The molecular formula is C24H32N6O2. The predicted octanol–water partition coefficient (Wildman–Crippen LogP) is 3.51. The van der Waals surface area contributed by atoms with Crippen molar-refractivity contribution in [2.24, 2.45) is 0 Å². The molecule has 170 valence electrons. The van der Waals surface area contributed by atoms with Crippen molar-refractivity contribution in [2.45, 2.75) is 77.1 Å². The Balaban J connectivity index is 1.41. The van der Waals surface area contributed by atoms with Gasteiger partial charge in [-0.2, -0.15) is 0 Å². The van der Waals surface area contributed by atoms with E-state index in [1.54, 1.807) is 0 Å². The Morgan fingerprint density at radius 2 is 2.03 bits per heavy atom. The number of hydrogen-bond donors (Lipinski definition) is 1. The van der Waals surface area contributed by atoms with Crippen LogP contribution in [0.2, 0.25) is 0 Å². The fourth-order valence-electron chi connectivity index (χ4n) is 5.17. The van der Waals surface area contributed by atoms with Crippen molar-refractivity contribution in [1.29, 1.82) is 0 Å². The molecule has 1 aromatic carbocycles. The fourth-order valence-corrected chi connectivity index (χ4v) is 5.17. The predicted molar refractivity (Wildman–Crippen MR) is 122 cm³/mol. The van der Waals surface area contributed by atoms with Gasteiger partial charge in [0.05, 0.1) is 24.2 Å². The summed E-state index contributed by atoms with van der Waals surface area (Å²) in [5.74, 6) is 0.878. The minimum Gasteiger partial charge on any atom is -0.377 e. The van der Waals surface area contributed by atoms with E-state index < -0.39 is 0 Å². The van der Waals surface area contributed by atoms with Crippen LogP contribution in [0.25, 0.3) is 10.9 Å². The van der Waals surface area contributed by atoms with Crippen molar-refractivity contribution in [2.75, 3.05) is 13.2 Å². The number of aromatic nitrogens is 5. The first-order chi connectivity index (χ1) is 15.7. The molecular weight excluding hydrogens is 404 g/mol. The topological polar surface area (TPSA) is 88.9 Å². The second kappa shape index (κ2) is 9.50. The van der Waals surface area contributed by atoms with Gasteiger partial charge in [0.25, 0.3) is 5.56 Å². The molecule has 0 bridgehead atoms. The summed E-state index contributed by atoms with van der Waals surface area (Å²) >= 11 is 0. The average Bonchev–Trinajstić information content (AvgIpc) is 3.48. The summed E-state index contributed by atoms with van der Waals surface area (Å²) in [4.78, 5) is 18.3. The van der Waals surface area contributed by atoms with Crippen LogP contribution in [0.5, 0.6) is 0 Å². The number of H-pyrrole nitrogens is 1. The molecule has 2 aliphatic rings. The molecule has 32 heavy (non-hydrogen) atoms. The van der Waals surface area contributed by atoms with Crippen LogP contribution >= 0.6 is 0 Å². The number of rotatable bonds is 7. The molecule has 1 saturated heterocycles. The number of para-hydroxylation sites is 1. The molecule has 8 nitrogen and oxygen atoms in total. The lowest BCUT2D eigenvalue weighted by atomic mass is 9.95. The molecule has 8 heteroatoms. The Hall–Kier alpha value is -2.58. The smallest absolute Gasteiger partial charge is 0.252 e. The lowest BCUT2D eigenvalue weighted by molar-refractivity contribution is 0.0659. The van der Waals surface area contributed by atoms with Crippen molar-refractivity contribution in [3.63, 3.8) is 0 Å². The molecule has 1 atom stereocenters. The van der Waals surface area contributed by atoms with Gasteiger partial charge in [-0.15, -0.1) is 5.10 Å². The monoisotopic (exact) mass is 436 g/mol. The molecule has 1 saturated carbocycles. The van der Waals surface area contributed by atoms with Gasteiger partial charge < -0.3 is 9.72 Å². The Bertz CT molecular complexity index is 1110. The van der Waals surface area contributed by atoms with Crippen LogP contribution in [-0.4, -0.2) is 49.3 Å². The highest BCUT2D eigenvalue weighted by Crippen LogP contribution is 2.28. The maximum atomic E-state index is 12.9. The van der Waals surface area contributed by atoms with E-state index in [-0.39, 0.29) is 11.7 Å². The van der Waals surface area contributed by atoms with Gasteiger partial charge in [-0.3, -0.25) is 9.69 Å². The SMILES string of the molecule is Cc1cccc2cc(CN(Cc3nnnn3C3CCCCC3)C[C@H]3CCCO3)c(=O)[nH]c12. The van der Waals surface area contributed by atoms with Crippen LogP contribution in [0, 0.1) is 6.92 Å². The summed E-state index contributed by atoms with van der Waals surface area (Å²) < 4.78 is 7.94. The van der Waals surface area contributed by atoms with E-state index in [0.717, 1.165) is 66.7 Å². The first-order valence-corrected chi connectivity index (χ1v) is 11.9. The van der Waals surface area contributed by atoms with Gasteiger partial charge in [0.1, 0.15) is 0 Å². The quantitative estimate of drug-likeness (QED) is 0.610. The Labute approximate surface area is 188 Å². The maximum absolute atomic E-state index is 12.9. The van der Waals surface area contributed by atoms with Gasteiger partial charge in [0, 0.05) is 25.3 Å². The zero-order valence-corrected chi connectivity index (χ0v) is 18.8. The van der Waals surface area contributed by atoms with Gasteiger partial charge in [-0.1, -0.05) is 37.5 Å². The number of benzene rings is 1. The Morgan fingerprint density at radius 3 is 2.84 bits per heavy atom. The summed E-state index contributed by atoms with van der Waals surface area (Å²) in [6, 6.07) is 8.50. The van der Waals surface area contributed by atoms with Gasteiger partial charge in [-0.25, -0.2) is 4.68 Å². The number of aromatic amines is 1. The van der Waals surface area contributed by atoms with E-state index in [1.807, 2.05) is 29.8 Å². The largest absolute Gasteiger partial charge is 0.377 e. The maximum Gasteiger partial charge on any atom is 0.252 e. The summed E-state index contributed by atoms with van der Waals surface area (Å²) in [7, 11) is 0. The summed E-state index contributed by atoms with van der Waals surface area (Å²) in [6.07, 6.45) is 8.36. The molecule has 2 aromatic heterocycles. The first kappa shape index (κ1) is 21.3. The third-order valence-corrected chi connectivity index (χ3v) is 6.89. The van der Waals surface area contributed by atoms with Crippen LogP contribution in [0.3, 0.4) is 0 Å². The second-order valence-corrected chi connectivity index (χ2v) is 9.30. The molecule has 1 aliphatic carbocycles. The van der Waals surface area contributed by atoms with Crippen molar-refractivity contribution in [1.82, 2.24) is 30.1 Å². The van der Waals surface area contributed by atoms with Crippen LogP contribution < -0.4 is 5.56 Å². The van der Waals surface area contributed by atoms with E-state index >= 15 is 0 Å². The number of nitrogens with zero attached hydrogens (tertiary/aromatic N) is 5. The second-order valence-electron chi connectivity index (χ2n) is 9.30. The van der Waals surface area contributed by atoms with Gasteiger partial charge in [0.2, 0.25) is 0 Å². The van der Waals surface area contributed by atoms with Gasteiger partial charge in [-0.05, 0) is 60.0 Å². The molecule has 3 heterocycles. The molecule has 0 spiro atoms. The van der Waals surface area contributed by atoms with E-state index in [0.29, 0.717) is 19.1 Å². The number of tetrazole rings is 1.